The molecule has 1 aromatic carbocycles. The van der Waals surface area contributed by atoms with Crippen molar-refractivity contribution in [1.29, 1.82) is 0 Å². The lowest BCUT2D eigenvalue weighted by Crippen LogP contribution is -2.39. The standard InChI is InChI=1S/C24H20ClF3N6O2/c1-32-11-13(10-29-32)18-12-33(6-7-36-18)19-9-16-21(20(30-19)15-3-2-14(25)8-17(15)26)31-23-24(27,28)4-5-34(23)22(16)35/h2-3,8-11,18H,4-7,12H2,1H3/t18-/m1/s1. The number of aromatic nitrogens is 5. The Kier molecular flexibility index (Phi) is 5.31. The summed E-state index contributed by atoms with van der Waals surface area (Å²) < 4.78 is 52.7. The zero-order chi connectivity index (χ0) is 25.2. The number of benzene rings is 1. The molecular weight excluding hydrogens is 497 g/mol. The number of hydrogen-bond donors (Lipinski definition) is 0. The maximum atomic E-state index is 15.0. The molecule has 12 heteroatoms. The molecule has 0 unspecified atom stereocenters. The van der Waals surface area contributed by atoms with Crippen molar-refractivity contribution < 1.29 is 17.9 Å². The summed E-state index contributed by atoms with van der Waals surface area (Å²) in [6.07, 6.45) is 2.76. The highest BCUT2D eigenvalue weighted by molar-refractivity contribution is 6.30. The van der Waals surface area contributed by atoms with Gasteiger partial charge in [-0.15, -0.1) is 0 Å². The normalized spacial score (nSPS) is 19.1. The molecule has 6 rings (SSSR count). The molecular formula is C24H20ClF3N6O2. The minimum absolute atomic E-state index is 0.00397. The SMILES string of the molecule is Cn1cc([C@H]2CN(c3cc4c(=O)n5c(nc4c(-c4ccc(Cl)cc4F)n3)C(F)(F)CC5)CCO2)cn1. The van der Waals surface area contributed by atoms with E-state index in [0.29, 0.717) is 25.5 Å². The van der Waals surface area contributed by atoms with Crippen LogP contribution in [-0.2, 0) is 24.3 Å². The molecule has 2 aliphatic rings. The fraction of sp³-hybridized carbons (Fsp3) is 0.333. The number of anilines is 1. The van der Waals surface area contributed by atoms with Gasteiger partial charge in [-0.1, -0.05) is 11.6 Å². The van der Waals surface area contributed by atoms with Gasteiger partial charge < -0.3 is 9.64 Å². The average molecular weight is 517 g/mol. The second-order valence-electron chi connectivity index (χ2n) is 8.95. The molecule has 0 amide bonds. The third-order valence-electron chi connectivity index (χ3n) is 6.58. The quantitative estimate of drug-likeness (QED) is 0.409. The van der Waals surface area contributed by atoms with Crippen molar-refractivity contribution in [3.05, 3.63) is 69.2 Å². The predicted molar refractivity (Wildman–Crippen MR) is 127 cm³/mol. The Morgan fingerprint density at radius 3 is 2.78 bits per heavy atom. The Labute approximate surface area is 207 Å². The van der Waals surface area contributed by atoms with Crippen LogP contribution in [-0.4, -0.2) is 44.0 Å². The van der Waals surface area contributed by atoms with Gasteiger partial charge in [0.05, 0.1) is 18.2 Å². The lowest BCUT2D eigenvalue weighted by atomic mass is 10.1. The van der Waals surface area contributed by atoms with Crippen LogP contribution < -0.4 is 10.5 Å². The molecule has 1 atom stereocenters. The molecule has 0 saturated carbocycles. The van der Waals surface area contributed by atoms with Crippen molar-refractivity contribution in [2.45, 2.75) is 25.0 Å². The summed E-state index contributed by atoms with van der Waals surface area (Å²) in [4.78, 5) is 24.1. The summed E-state index contributed by atoms with van der Waals surface area (Å²) in [5, 5.41) is 4.46. The number of morpholine rings is 1. The maximum Gasteiger partial charge on any atom is 0.306 e. The van der Waals surface area contributed by atoms with Crippen LogP contribution in [0.4, 0.5) is 19.0 Å². The van der Waals surface area contributed by atoms with Crippen LogP contribution >= 0.6 is 11.6 Å². The first-order valence-corrected chi connectivity index (χ1v) is 11.7. The van der Waals surface area contributed by atoms with Crippen LogP contribution in [0.3, 0.4) is 0 Å². The number of aryl methyl sites for hydroxylation is 1. The topological polar surface area (TPSA) is 78.1 Å². The number of pyridine rings is 1. The van der Waals surface area contributed by atoms with E-state index in [1.165, 1.54) is 18.2 Å². The van der Waals surface area contributed by atoms with E-state index in [0.717, 1.165) is 16.2 Å². The first-order valence-electron chi connectivity index (χ1n) is 11.4. The second-order valence-corrected chi connectivity index (χ2v) is 9.39. The Hall–Kier alpha value is -3.44. The fourth-order valence-corrected chi connectivity index (χ4v) is 4.92. The molecule has 4 aromatic rings. The first kappa shape index (κ1) is 23.0. The zero-order valence-electron chi connectivity index (χ0n) is 19.1. The largest absolute Gasteiger partial charge is 0.370 e. The molecule has 3 aromatic heterocycles. The highest BCUT2D eigenvalue weighted by atomic mass is 35.5. The first-order chi connectivity index (χ1) is 17.2. The molecule has 1 saturated heterocycles. The number of ether oxygens (including phenoxy) is 1. The minimum atomic E-state index is -3.26. The third kappa shape index (κ3) is 3.73. The molecule has 0 bridgehead atoms. The summed E-state index contributed by atoms with van der Waals surface area (Å²) in [5.74, 6) is -4.19. The lowest BCUT2D eigenvalue weighted by Gasteiger charge is -2.33. The zero-order valence-corrected chi connectivity index (χ0v) is 19.8. The predicted octanol–water partition coefficient (Wildman–Crippen LogP) is 4.06. The molecule has 0 radical (unpaired) electrons. The highest BCUT2D eigenvalue weighted by Crippen LogP contribution is 2.38. The number of halogens is 4. The number of hydrogen-bond acceptors (Lipinski definition) is 6. The van der Waals surface area contributed by atoms with Crippen LogP contribution in [0, 0.1) is 5.82 Å². The van der Waals surface area contributed by atoms with Gasteiger partial charge in [-0.05, 0) is 24.3 Å². The number of fused-ring (bicyclic) bond motifs is 2. The van der Waals surface area contributed by atoms with Gasteiger partial charge in [0.25, 0.3) is 5.56 Å². The van der Waals surface area contributed by atoms with E-state index in [9.17, 15) is 13.6 Å². The van der Waals surface area contributed by atoms with Crippen LogP contribution in [0.5, 0.6) is 0 Å². The van der Waals surface area contributed by atoms with E-state index < -0.39 is 29.5 Å². The van der Waals surface area contributed by atoms with Crippen molar-refractivity contribution in [2.24, 2.45) is 7.05 Å². The van der Waals surface area contributed by atoms with Crippen molar-refractivity contribution in [1.82, 2.24) is 24.3 Å². The van der Waals surface area contributed by atoms with Crippen LogP contribution in [0.2, 0.25) is 5.02 Å². The smallest absolute Gasteiger partial charge is 0.306 e. The van der Waals surface area contributed by atoms with E-state index in [2.05, 4.69) is 15.1 Å². The van der Waals surface area contributed by atoms with Crippen molar-refractivity contribution in [3.63, 3.8) is 0 Å². The summed E-state index contributed by atoms with van der Waals surface area (Å²) >= 11 is 5.93. The van der Waals surface area contributed by atoms with Gasteiger partial charge in [0.1, 0.15) is 28.9 Å². The Balaban J connectivity index is 1.54. The van der Waals surface area contributed by atoms with E-state index in [1.54, 1.807) is 10.9 Å². The van der Waals surface area contributed by atoms with Gasteiger partial charge in [-0.25, -0.2) is 14.4 Å². The van der Waals surface area contributed by atoms with E-state index in [-0.39, 0.29) is 39.8 Å². The molecule has 8 nitrogen and oxygen atoms in total. The number of alkyl halides is 2. The van der Waals surface area contributed by atoms with Crippen molar-refractivity contribution in [3.8, 4) is 11.3 Å². The number of rotatable bonds is 3. The Bertz CT molecular complexity index is 1570. The Morgan fingerprint density at radius 2 is 2.03 bits per heavy atom. The summed E-state index contributed by atoms with van der Waals surface area (Å²) in [5.41, 5.74) is 0.220. The van der Waals surface area contributed by atoms with Crippen LogP contribution in [0.15, 0.2) is 41.5 Å². The second kappa shape index (κ2) is 8.31. The molecule has 0 aliphatic carbocycles. The molecule has 2 aliphatic heterocycles. The molecule has 5 heterocycles. The van der Waals surface area contributed by atoms with Crippen molar-refractivity contribution >= 4 is 28.3 Å². The summed E-state index contributed by atoms with van der Waals surface area (Å²) in [6.45, 7) is 1.12. The molecule has 36 heavy (non-hydrogen) atoms. The average Bonchev–Trinajstić information content (AvgIpc) is 3.42. The van der Waals surface area contributed by atoms with Crippen molar-refractivity contribution in [2.75, 3.05) is 24.6 Å². The van der Waals surface area contributed by atoms with Gasteiger partial charge in [-0.3, -0.25) is 14.0 Å². The van der Waals surface area contributed by atoms with Crippen LogP contribution in [0.1, 0.15) is 23.9 Å². The molecule has 186 valence electrons. The van der Waals surface area contributed by atoms with E-state index in [4.69, 9.17) is 16.3 Å². The fourth-order valence-electron chi connectivity index (χ4n) is 4.76. The summed E-state index contributed by atoms with van der Waals surface area (Å²) in [7, 11) is 1.81. The maximum absolute atomic E-state index is 15.0. The van der Waals surface area contributed by atoms with Gasteiger partial charge in [0.2, 0.25) is 0 Å². The monoisotopic (exact) mass is 516 g/mol. The molecule has 0 spiro atoms. The molecule has 1 fully saturated rings. The van der Waals surface area contributed by atoms with Gasteiger partial charge in [0, 0.05) is 55.4 Å². The summed E-state index contributed by atoms with van der Waals surface area (Å²) in [6, 6.07) is 5.53. The molecule has 0 N–H and O–H groups in total. The lowest BCUT2D eigenvalue weighted by molar-refractivity contribution is -0.00628. The minimum Gasteiger partial charge on any atom is -0.370 e. The van der Waals surface area contributed by atoms with E-state index >= 15 is 4.39 Å². The Morgan fingerprint density at radius 1 is 1.19 bits per heavy atom. The van der Waals surface area contributed by atoms with Gasteiger partial charge in [-0.2, -0.15) is 13.9 Å². The highest BCUT2D eigenvalue weighted by Gasteiger charge is 2.43. The van der Waals surface area contributed by atoms with E-state index in [1.807, 2.05) is 18.1 Å². The van der Waals surface area contributed by atoms with Gasteiger partial charge >= 0.3 is 5.92 Å². The number of nitrogens with zero attached hydrogens (tertiary/aromatic N) is 6. The third-order valence-corrected chi connectivity index (χ3v) is 6.81. The van der Waals surface area contributed by atoms with Crippen LogP contribution in [0.25, 0.3) is 22.2 Å². The van der Waals surface area contributed by atoms with Gasteiger partial charge in [0.15, 0.2) is 5.82 Å².